The van der Waals surface area contributed by atoms with Crippen molar-refractivity contribution in [3.63, 3.8) is 0 Å². The van der Waals surface area contributed by atoms with Crippen LogP contribution in [-0.2, 0) is 13.0 Å². The lowest BCUT2D eigenvalue weighted by Crippen LogP contribution is -2.18. The third-order valence-electron chi connectivity index (χ3n) is 5.34. The summed E-state index contributed by atoms with van der Waals surface area (Å²) in [5.74, 6) is 1.50. The Bertz CT molecular complexity index is 1150. The van der Waals surface area contributed by atoms with E-state index < -0.39 is 0 Å². The van der Waals surface area contributed by atoms with Gasteiger partial charge in [-0.05, 0) is 62.1 Å². The van der Waals surface area contributed by atoms with Gasteiger partial charge in [-0.15, -0.1) is 17.0 Å². The maximum absolute atomic E-state index is 12.2. The molecule has 3 aromatic rings. The van der Waals surface area contributed by atoms with E-state index in [1.807, 2.05) is 37.3 Å². The van der Waals surface area contributed by atoms with Crippen molar-refractivity contribution in [1.29, 1.82) is 0 Å². The van der Waals surface area contributed by atoms with Crippen LogP contribution in [-0.4, -0.2) is 24.6 Å². The molecule has 0 atom stereocenters. The lowest BCUT2D eigenvalue weighted by molar-refractivity contribution is 0.102. The zero-order chi connectivity index (χ0) is 21.8. The molecule has 0 unspecified atom stereocenters. The Morgan fingerprint density at radius 2 is 1.77 bits per heavy atom. The van der Waals surface area contributed by atoms with Gasteiger partial charge in [-0.3, -0.25) is 4.79 Å². The van der Waals surface area contributed by atoms with E-state index in [1.54, 1.807) is 21.1 Å². The highest BCUT2D eigenvalue weighted by Gasteiger charge is 2.14. The average Bonchev–Trinajstić information content (AvgIpc) is 3.05. The highest BCUT2D eigenvalue weighted by atomic mass is 79.9. The molecule has 0 radical (unpaired) electrons. The summed E-state index contributed by atoms with van der Waals surface area (Å²) < 4.78 is 12.9. The summed E-state index contributed by atoms with van der Waals surface area (Å²) in [5, 5.41) is 0. The summed E-state index contributed by atoms with van der Waals surface area (Å²) in [6.07, 6.45) is 0.787. The Morgan fingerprint density at radius 3 is 2.42 bits per heavy atom. The van der Waals surface area contributed by atoms with Crippen LogP contribution in [0.4, 0.5) is 5.69 Å². The Morgan fingerprint density at radius 1 is 1.06 bits per heavy atom. The number of hydrogen-bond donors (Lipinski definition) is 0. The fourth-order valence-corrected chi connectivity index (χ4v) is 4.46. The molecule has 166 valence electrons. The van der Waals surface area contributed by atoms with Gasteiger partial charge >= 0.3 is 0 Å². The van der Waals surface area contributed by atoms with Crippen molar-refractivity contribution in [3.05, 3.63) is 68.5 Å². The van der Waals surface area contributed by atoms with E-state index in [1.165, 1.54) is 16.9 Å². The monoisotopic (exact) mass is 504 g/mol. The maximum atomic E-state index is 12.2. The second kappa shape index (κ2) is 10.8. The van der Waals surface area contributed by atoms with Crippen LogP contribution >= 0.6 is 28.3 Å². The molecule has 0 fully saturated rings. The van der Waals surface area contributed by atoms with Crippen LogP contribution in [0.5, 0.6) is 11.5 Å². The first-order valence-corrected chi connectivity index (χ1v) is 10.7. The SMILES string of the molecule is Br.COc1ccc(CCn2c(C)c(C(C)=O)sc2=Nc2cccc(C)c2C)cc1OC. The van der Waals surface area contributed by atoms with Crippen molar-refractivity contribution in [3.8, 4) is 11.5 Å². The number of ether oxygens (including phenoxy) is 2. The fraction of sp³-hybridized carbons (Fsp3) is 0.333. The maximum Gasteiger partial charge on any atom is 0.190 e. The number of nitrogens with zero attached hydrogens (tertiary/aromatic N) is 2. The number of thiazole rings is 1. The average molecular weight is 505 g/mol. The Balaban J connectivity index is 0.00000341. The molecule has 0 saturated carbocycles. The molecule has 0 bridgehead atoms. The molecule has 0 spiro atoms. The molecule has 31 heavy (non-hydrogen) atoms. The molecule has 1 aromatic heterocycles. The van der Waals surface area contributed by atoms with Crippen LogP contribution in [0.25, 0.3) is 0 Å². The van der Waals surface area contributed by atoms with Gasteiger partial charge in [0.15, 0.2) is 22.1 Å². The molecule has 7 heteroatoms. The van der Waals surface area contributed by atoms with Gasteiger partial charge in [-0.25, -0.2) is 4.99 Å². The van der Waals surface area contributed by atoms with Crippen LogP contribution in [0.3, 0.4) is 0 Å². The van der Waals surface area contributed by atoms with E-state index >= 15 is 0 Å². The second-order valence-corrected chi connectivity index (χ2v) is 8.25. The highest BCUT2D eigenvalue weighted by molar-refractivity contribution is 8.93. The molecule has 0 N–H and O–H groups in total. The number of Topliss-reactive ketones (excluding diaryl/α,β-unsaturated/α-hetero) is 1. The Labute approximate surface area is 198 Å². The van der Waals surface area contributed by atoms with E-state index in [-0.39, 0.29) is 22.8 Å². The number of methoxy groups -OCH3 is 2. The minimum absolute atomic E-state index is 0. The van der Waals surface area contributed by atoms with Crippen molar-refractivity contribution in [1.82, 2.24) is 4.57 Å². The standard InChI is InChI=1S/C24H28N2O3S.BrH/c1-15-8-7-9-20(16(15)2)25-24-26(17(3)23(30-24)18(4)27)13-12-19-10-11-21(28-5)22(14-19)29-6;/h7-11,14H,12-13H2,1-6H3;1H. The Kier molecular flexibility index (Phi) is 8.65. The first-order valence-electron chi connectivity index (χ1n) is 9.88. The molecule has 0 amide bonds. The molecule has 5 nitrogen and oxygen atoms in total. The summed E-state index contributed by atoms with van der Waals surface area (Å²) >= 11 is 1.45. The molecule has 0 aliphatic carbocycles. The number of benzene rings is 2. The number of ketones is 1. The largest absolute Gasteiger partial charge is 0.493 e. The number of carbonyl (C=O) groups excluding carboxylic acids is 1. The summed E-state index contributed by atoms with van der Waals surface area (Å²) in [5.41, 5.74) is 5.38. The molecule has 0 aliphatic rings. The van der Waals surface area contributed by atoms with Gasteiger partial charge in [0.25, 0.3) is 0 Å². The van der Waals surface area contributed by atoms with Gasteiger partial charge in [0, 0.05) is 19.2 Å². The van der Waals surface area contributed by atoms with Gasteiger partial charge in [0.05, 0.1) is 24.8 Å². The van der Waals surface area contributed by atoms with Crippen molar-refractivity contribution in [2.24, 2.45) is 4.99 Å². The molecular weight excluding hydrogens is 476 g/mol. The molecule has 1 heterocycles. The van der Waals surface area contributed by atoms with Gasteiger partial charge in [-0.2, -0.15) is 0 Å². The van der Waals surface area contributed by atoms with E-state index in [4.69, 9.17) is 14.5 Å². The lowest BCUT2D eigenvalue weighted by atomic mass is 10.1. The molecule has 2 aromatic carbocycles. The normalized spacial score (nSPS) is 11.2. The van der Waals surface area contributed by atoms with E-state index in [2.05, 4.69) is 24.5 Å². The van der Waals surface area contributed by atoms with E-state index in [9.17, 15) is 4.79 Å². The van der Waals surface area contributed by atoms with Crippen LogP contribution < -0.4 is 14.3 Å². The lowest BCUT2D eigenvalue weighted by Gasteiger charge is -2.11. The minimum Gasteiger partial charge on any atom is -0.493 e. The predicted molar refractivity (Wildman–Crippen MR) is 132 cm³/mol. The number of halogens is 1. The van der Waals surface area contributed by atoms with Gasteiger partial charge in [0.1, 0.15) is 0 Å². The number of aryl methyl sites for hydroxylation is 2. The van der Waals surface area contributed by atoms with Crippen molar-refractivity contribution >= 4 is 39.8 Å². The van der Waals surface area contributed by atoms with Crippen LogP contribution in [0.1, 0.15) is 39.0 Å². The van der Waals surface area contributed by atoms with Crippen molar-refractivity contribution < 1.29 is 14.3 Å². The van der Waals surface area contributed by atoms with Crippen molar-refractivity contribution in [2.75, 3.05) is 14.2 Å². The topological polar surface area (TPSA) is 52.8 Å². The molecule has 0 saturated heterocycles. The number of hydrogen-bond acceptors (Lipinski definition) is 5. The number of rotatable bonds is 7. The quantitative estimate of drug-likeness (QED) is 0.385. The summed E-state index contributed by atoms with van der Waals surface area (Å²) in [6, 6.07) is 12.1. The predicted octanol–water partition coefficient (Wildman–Crippen LogP) is 5.75. The summed E-state index contributed by atoms with van der Waals surface area (Å²) in [6.45, 7) is 8.48. The van der Waals surface area contributed by atoms with Crippen LogP contribution in [0.2, 0.25) is 0 Å². The molecule has 0 aliphatic heterocycles. The second-order valence-electron chi connectivity index (χ2n) is 7.28. The smallest absolute Gasteiger partial charge is 0.190 e. The summed E-state index contributed by atoms with van der Waals surface area (Å²) in [7, 11) is 3.27. The minimum atomic E-state index is 0. The molecule has 3 rings (SSSR count). The van der Waals surface area contributed by atoms with Gasteiger partial charge in [-0.1, -0.05) is 29.5 Å². The van der Waals surface area contributed by atoms with E-state index in [0.717, 1.165) is 45.2 Å². The third-order valence-corrected chi connectivity index (χ3v) is 6.62. The molecular formula is C24H29BrN2O3S. The fourth-order valence-electron chi connectivity index (χ4n) is 3.40. The van der Waals surface area contributed by atoms with Gasteiger partial charge in [0.2, 0.25) is 0 Å². The third kappa shape index (κ3) is 5.46. The highest BCUT2D eigenvalue weighted by Crippen LogP contribution is 2.28. The van der Waals surface area contributed by atoms with Gasteiger partial charge < -0.3 is 14.0 Å². The number of carbonyl (C=O) groups is 1. The summed E-state index contributed by atoms with van der Waals surface area (Å²) in [4.78, 5) is 18.7. The zero-order valence-electron chi connectivity index (χ0n) is 18.8. The first-order chi connectivity index (χ1) is 14.3. The Hall–Kier alpha value is -2.38. The van der Waals surface area contributed by atoms with Crippen LogP contribution in [0.15, 0.2) is 41.4 Å². The van der Waals surface area contributed by atoms with E-state index in [0.29, 0.717) is 11.5 Å². The number of aromatic nitrogens is 1. The zero-order valence-corrected chi connectivity index (χ0v) is 21.3. The van der Waals surface area contributed by atoms with Crippen LogP contribution in [0, 0.1) is 20.8 Å². The first kappa shape index (κ1) is 24.9. The van der Waals surface area contributed by atoms with Crippen molar-refractivity contribution in [2.45, 2.75) is 40.7 Å².